The van der Waals surface area contributed by atoms with E-state index in [-0.39, 0.29) is 5.82 Å². The van der Waals surface area contributed by atoms with Gasteiger partial charge < -0.3 is 4.57 Å². The summed E-state index contributed by atoms with van der Waals surface area (Å²) in [6, 6.07) is 0. The highest BCUT2D eigenvalue weighted by Gasteiger charge is 2.39. The van der Waals surface area contributed by atoms with Crippen molar-refractivity contribution in [1.29, 1.82) is 0 Å². The average molecular weight is 188 g/mol. The van der Waals surface area contributed by atoms with Crippen molar-refractivity contribution in [2.24, 2.45) is 7.05 Å². The van der Waals surface area contributed by atoms with E-state index in [2.05, 4.69) is 4.98 Å². The predicted molar refractivity (Wildman–Crippen MR) is 42.8 cm³/mol. The predicted octanol–water partition coefficient (Wildman–Crippen LogP) is 1.65. The molecular formula is C8H10F2N2O. The molecule has 1 aromatic heterocycles. The first-order valence-corrected chi connectivity index (χ1v) is 3.89. The first kappa shape index (κ1) is 9.83. The Labute approximate surface area is 74.4 Å². The van der Waals surface area contributed by atoms with Crippen LogP contribution in [0.5, 0.6) is 0 Å². The summed E-state index contributed by atoms with van der Waals surface area (Å²) in [5.41, 5.74) is 0. The third kappa shape index (κ3) is 1.74. The van der Waals surface area contributed by atoms with Crippen LogP contribution in [0.2, 0.25) is 0 Å². The number of imidazole rings is 1. The van der Waals surface area contributed by atoms with Gasteiger partial charge in [0.15, 0.2) is 5.82 Å². The van der Waals surface area contributed by atoms with Crippen molar-refractivity contribution in [3.8, 4) is 0 Å². The lowest BCUT2D eigenvalue weighted by atomic mass is 10.1. The van der Waals surface area contributed by atoms with Crippen LogP contribution in [-0.4, -0.2) is 21.3 Å². The second-order valence-corrected chi connectivity index (χ2v) is 2.75. The molecule has 1 rings (SSSR count). The highest BCUT2D eigenvalue weighted by molar-refractivity contribution is 5.98. The fourth-order valence-electron chi connectivity index (χ4n) is 0.909. The number of rotatable bonds is 3. The Morgan fingerprint density at radius 3 is 2.69 bits per heavy atom. The van der Waals surface area contributed by atoms with Crippen LogP contribution in [0.1, 0.15) is 24.0 Å². The van der Waals surface area contributed by atoms with Gasteiger partial charge in [-0.3, -0.25) is 4.79 Å². The van der Waals surface area contributed by atoms with Crippen LogP contribution in [0.3, 0.4) is 0 Å². The number of nitrogens with zero attached hydrogens (tertiary/aromatic N) is 2. The largest absolute Gasteiger partial charge is 0.331 e. The van der Waals surface area contributed by atoms with Gasteiger partial charge in [0.05, 0.1) is 0 Å². The minimum absolute atomic E-state index is 0.202. The Morgan fingerprint density at radius 2 is 2.31 bits per heavy atom. The molecule has 0 amide bonds. The minimum atomic E-state index is -3.31. The number of aryl methyl sites for hydroxylation is 1. The Morgan fingerprint density at radius 1 is 1.69 bits per heavy atom. The topological polar surface area (TPSA) is 34.9 Å². The van der Waals surface area contributed by atoms with E-state index in [1.807, 2.05) is 0 Å². The van der Waals surface area contributed by atoms with Gasteiger partial charge >= 0.3 is 5.92 Å². The first-order valence-electron chi connectivity index (χ1n) is 3.89. The number of aromatic nitrogens is 2. The summed E-state index contributed by atoms with van der Waals surface area (Å²) in [6.07, 6.45) is 2.27. The Hall–Kier alpha value is -1.26. The van der Waals surface area contributed by atoms with Crippen molar-refractivity contribution in [2.45, 2.75) is 19.3 Å². The molecule has 0 radical (unpaired) electrons. The number of hydrogen-bond donors (Lipinski definition) is 0. The Balaban J connectivity index is 2.98. The second kappa shape index (κ2) is 3.24. The molecule has 0 N–H and O–H groups in total. The molecule has 0 fully saturated rings. The number of carbonyl (C=O) groups is 1. The standard InChI is InChI=1S/C8H10F2N2O/c1-3-8(9,10)6(13)7-11-4-5-12(7)2/h4-5H,3H2,1-2H3. The van der Waals surface area contributed by atoms with Crippen molar-refractivity contribution in [3.05, 3.63) is 18.2 Å². The van der Waals surface area contributed by atoms with Gasteiger partial charge in [-0.25, -0.2) is 4.98 Å². The second-order valence-electron chi connectivity index (χ2n) is 2.75. The lowest BCUT2D eigenvalue weighted by molar-refractivity contribution is 0.00674. The molecule has 0 saturated heterocycles. The van der Waals surface area contributed by atoms with E-state index >= 15 is 0 Å². The van der Waals surface area contributed by atoms with Gasteiger partial charge in [-0.2, -0.15) is 8.78 Å². The van der Waals surface area contributed by atoms with Crippen molar-refractivity contribution in [1.82, 2.24) is 9.55 Å². The first-order chi connectivity index (χ1) is 5.99. The highest BCUT2D eigenvalue weighted by atomic mass is 19.3. The Kier molecular flexibility index (Phi) is 2.45. The number of alkyl halides is 2. The average Bonchev–Trinajstić information content (AvgIpc) is 2.50. The molecule has 0 aliphatic carbocycles. The highest BCUT2D eigenvalue weighted by Crippen LogP contribution is 2.22. The van der Waals surface area contributed by atoms with E-state index < -0.39 is 18.1 Å². The zero-order valence-corrected chi connectivity index (χ0v) is 7.42. The molecule has 5 heteroatoms. The Bertz CT molecular complexity index is 320. The quantitative estimate of drug-likeness (QED) is 0.676. The summed E-state index contributed by atoms with van der Waals surface area (Å²) in [4.78, 5) is 14.7. The smallest absolute Gasteiger partial charge is 0.312 e. The summed E-state index contributed by atoms with van der Waals surface area (Å²) in [7, 11) is 1.51. The van der Waals surface area contributed by atoms with Crippen LogP contribution >= 0.6 is 0 Å². The van der Waals surface area contributed by atoms with Crippen LogP contribution in [0.25, 0.3) is 0 Å². The molecule has 0 aliphatic rings. The van der Waals surface area contributed by atoms with E-state index in [1.165, 1.54) is 30.9 Å². The molecule has 3 nitrogen and oxygen atoms in total. The fourth-order valence-corrected chi connectivity index (χ4v) is 0.909. The minimum Gasteiger partial charge on any atom is -0.331 e. The maximum absolute atomic E-state index is 12.9. The number of Topliss-reactive ketones (excluding diaryl/α,β-unsaturated/α-hetero) is 1. The summed E-state index contributed by atoms with van der Waals surface area (Å²) < 4.78 is 27.1. The number of ketones is 1. The number of hydrogen-bond acceptors (Lipinski definition) is 2. The van der Waals surface area contributed by atoms with Gasteiger partial charge in [-0.05, 0) is 0 Å². The van der Waals surface area contributed by atoms with E-state index in [1.54, 1.807) is 0 Å². The molecule has 1 aromatic rings. The van der Waals surface area contributed by atoms with Crippen molar-refractivity contribution in [2.75, 3.05) is 0 Å². The van der Waals surface area contributed by atoms with E-state index in [4.69, 9.17) is 0 Å². The van der Waals surface area contributed by atoms with E-state index in [0.717, 1.165) is 0 Å². The molecule has 72 valence electrons. The molecular weight excluding hydrogens is 178 g/mol. The number of carbonyl (C=O) groups excluding carboxylic acids is 1. The van der Waals surface area contributed by atoms with Crippen LogP contribution in [-0.2, 0) is 7.05 Å². The van der Waals surface area contributed by atoms with Gasteiger partial charge in [0.1, 0.15) is 0 Å². The van der Waals surface area contributed by atoms with Crippen LogP contribution in [0.15, 0.2) is 12.4 Å². The maximum atomic E-state index is 12.9. The zero-order valence-electron chi connectivity index (χ0n) is 7.42. The lowest BCUT2D eigenvalue weighted by Gasteiger charge is -2.11. The molecule has 0 atom stereocenters. The zero-order chi connectivity index (χ0) is 10.1. The third-order valence-electron chi connectivity index (χ3n) is 1.80. The molecule has 0 aromatic carbocycles. The van der Waals surface area contributed by atoms with Crippen molar-refractivity contribution >= 4 is 5.78 Å². The van der Waals surface area contributed by atoms with E-state index in [0.29, 0.717) is 0 Å². The van der Waals surface area contributed by atoms with Gasteiger partial charge in [-0.1, -0.05) is 6.92 Å². The fraction of sp³-hybridized carbons (Fsp3) is 0.500. The molecule has 0 bridgehead atoms. The lowest BCUT2D eigenvalue weighted by Crippen LogP contribution is -2.29. The molecule has 0 saturated carbocycles. The van der Waals surface area contributed by atoms with Crippen molar-refractivity contribution < 1.29 is 13.6 Å². The van der Waals surface area contributed by atoms with Gasteiger partial charge in [0.2, 0.25) is 0 Å². The van der Waals surface area contributed by atoms with Crippen LogP contribution in [0.4, 0.5) is 8.78 Å². The maximum Gasteiger partial charge on any atom is 0.312 e. The summed E-state index contributed by atoms with van der Waals surface area (Å²) >= 11 is 0. The van der Waals surface area contributed by atoms with Crippen molar-refractivity contribution in [3.63, 3.8) is 0 Å². The van der Waals surface area contributed by atoms with Crippen LogP contribution in [0, 0.1) is 0 Å². The summed E-state index contributed by atoms with van der Waals surface area (Å²) in [5, 5.41) is 0. The van der Waals surface area contributed by atoms with Gasteiger partial charge in [0.25, 0.3) is 5.78 Å². The van der Waals surface area contributed by atoms with Crippen LogP contribution < -0.4 is 0 Å². The monoisotopic (exact) mass is 188 g/mol. The van der Waals surface area contributed by atoms with Gasteiger partial charge in [0, 0.05) is 25.9 Å². The van der Waals surface area contributed by atoms with Gasteiger partial charge in [-0.15, -0.1) is 0 Å². The van der Waals surface area contributed by atoms with E-state index in [9.17, 15) is 13.6 Å². The molecule has 0 aliphatic heterocycles. The SMILES string of the molecule is CCC(F)(F)C(=O)c1nccn1C. The molecule has 1 heterocycles. The molecule has 0 spiro atoms. The third-order valence-corrected chi connectivity index (χ3v) is 1.80. The summed E-state index contributed by atoms with van der Waals surface area (Å²) in [5.74, 6) is -4.73. The normalized spacial score (nSPS) is 11.7. The molecule has 0 unspecified atom stereocenters. The number of halogens is 2. The summed E-state index contributed by atoms with van der Waals surface area (Å²) in [6.45, 7) is 1.26. The molecule has 13 heavy (non-hydrogen) atoms.